The third-order valence-electron chi connectivity index (χ3n) is 4.13. The van der Waals surface area contributed by atoms with Crippen molar-refractivity contribution in [1.82, 2.24) is 4.98 Å². The molecule has 1 heterocycles. The SMILES string of the molecule is Cc1ccc(CCC(=O)C2CCc3cccnc32)cc1. The molecule has 1 atom stereocenters. The number of ketones is 1. The number of pyridine rings is 1. The molecule has 1 aliphatic carbocycles. The van der Waals surface area contributed by atoms with Crippen molar-refractivity contribution in [1.29, 1.82) is 0 Å². The molecular weight excluding hydrogens is 246 g/mol. The van der Waals surface area contributed by atoms with E-state index >= 15 is 0 Å². The van der Waals surface area contributed by atoms with E-state index < -0.39 is 0 Å². The van der Waals surface area contributed by atoms with E-state index in [1.807, 2.05) is 6.07 Å². The Morgan fingerprint density at radius 3 is 2.85 bits per heavy atom. The van der Waals surface area contributed by atoms with Crippen molar-refractivity contribution in [2.75, 3.05) is 0 Å². The molecule has 3 rings (SSSR count). The number of Topliss-reactive ketones (excluding diaryl/α,β-unsaturated/α-hetero) is 1. The number of aryl methyl sites for hydroxylation is 3. The van der Waals surface area contributed by atoms with Gasteiger partial charge >= 0.3 is 0 Å². The van der Waals surface area contributed by atoms with Crippen LogP contribution in [0.25, 0.3) is 0 Å². The summed E-state index contributed by atoms with van der Waals surface area (Å²) in [5.74, 6) is 0.361. The lowest BCUT2D eigenvalue weighted by molar-refractivity contribution is -0.120. The number of benzene rings is 1. The second-order valence-electron chi connectivity index (χ2n) is 5.59. The molecule has 2 heteroatoms. The Morgan fingerprint density at radius 2 is 2.05 bits per heavy atom. The van der Waals surface area contributed by atoms with Gasteiger partial charge in [-0.3, -0.25) is 9.78 Å². The van der Waals surface area contributed by atoms with E-state index in [-0.39, 0.29) is 5.92 Å². The Labute approximate surface area is 119 Å². The molecule has 0 saturated carbocycles. The highest BCUT2D eigenvalue weighted by Gasteiger charge is 2.28. The fourth-order valence-electron chi connectivity index (χ4n) is 2.92. The van der Waals surface area contributed by atoms with Gasteiger partial charge in [-0.25, -0.2) is 0 Å². The third kappa shape index (κ3) is 2.64. The molecule has 1 aliphatic rings. The molecule has 102 valence electrons. The number of hydrogen-bond acceptors (Lipinski definition) is 2. The van der Waals surface area contributed by atoms with Gasteiger partial charge in [0.25, 0.3) is 0 Å². The molecule has 0 N–H and O–H groups in total. The summed E-state index contributed by atoms with van der Waals surface area (Å²) >= 11 is 0. The minimum Gasteiger partial charge on any atom is -0.299 e. The number of fused-ring (bicyclic) bond motifs is 1. The maximum atomic E-state index is 12.4. The number of carbonyl (C=O) groups excluding carboxylic acids is 1. The van der Waals surface area contributed by atoms with Crippen LogP contribution in [0.3, 0.4) is 0 Å². The van der Waals surface area contributed by atoms with E-state index in [1.54, 1.807) is 6.20 Å². The van der Waals surface area contributed by atoms with Gasteiger partial charge in [-0.15, -0.1) is 0 Å². The summed E-state index contributed by atoms with van der Waals surface area (Å²) in [5, 5.41) is 0. The van der Waals surface area contributed by atoms with Crippen LogP contribution in [0.1, 0.15) is 41.1 Å². The minimum atomic E-state index is 0.0247. The standard InChI is InChI=1S/C18H19NO/c1-13-4-6-14(7-5-13)8-11-17(20)16-10-9-15-3-2-12-19-18(15)16/h2-7,12,16H,8-11H2,1H3. The molecule has 2 aromatic rings. The van der Waals surface area contributed by atoms with Crippen LogP contribution < -0.4 is 0 Å². The Balaban J connectivity index is 1.65. The molecule has 1 unspecified atom stereocenters. The molecule has 0 bridgehead atoms. The average Bonchev–Trinajstić information content (AvgIpc) is 2.90. The first-order valence-corrected chi connectivity index (χ1v) is 7.26. The summed E-state index contributed by atoms with van der Waals surface area (Å²) in [6.45, 7) is 2.08. The van der Waals surface area contributed by atoms with Crippen molar-refractivity contribution < 1.29 is 4.79 Å². The number of rotatable bonds is 4. The number of hydrogen-bond donors (Lipinski definition) is 0. The molecule has 2 nitrogen and oxygen atoms in total. The molecule has 0 saturated heterocycles. The van der Waals surface area contributed by atoms with Crippen molar-refractivity contribution in [3.63, 3.8) is 0 Å². The highest BCUT2D eigenvalue weighted by molar-refractivity contribution is 5.86. The summed E-state index contributed by atoms with van der Waals surface area (Å²) in [6, 6.07) is 12.5. The Morgan fingerprint density at radius 1 is 1.25 bits per heavy atom. The van der Waals surface area contributed by atoms with Gasteiger partial charge in [0.2, 0.25) is 0 Å². The summed E-state index contributed by atoms with van der Waals surface area (Å²) in [6.07, 6.45) is 5.16. The maximum Gasteiger partial charge on any atom is 0.142 e. The predicted molar refractivity (Wildman–Crippen MR) is 79.8 cm³/mol. The van der Waals surface area contributed by atoms with Gasteiger partial charge in [0.05, 0.1) is 11.6 Å². The van der Waals surface area contributed by atoms with Crippen LogP contribution in [0.4, 0.5) is 0 Å². The first-order chi connectivity index (χ1) is 9.74. The number of nitrogens with zero attached hydrogens (tertiary/aromatic N) is 1. The van der Waals surface area contributed by atoms with Crippen LogP contribution in [-0.4, -0.2) is 10.8 Å². The quantitative estimate of drug-likeness (QED) is 0.845. The van der Waals surface area contributed by atoms with E-state index in [4.69, 9.17) is 0 Å². The van der Waals surface area contributed by atoms with Crippen molar-refractivity contribution in [2.45, 2.75) is 38.5 Å². The smallest absolute Gasteiger partial charge is 0.142 e. The molecule has 0 radical (unpaired) electrons. The number of carbonyl (C=O) groups is 1. The first-order valence-electron chi connectivity index (χ1n) is 7.26. The Bertz CT molecular complexity index is 616. The molecule has 0 spiro atoms. The second-order valence-corrected chi connectivity index (χ2v) is 5.59. The van der Waals surface area contributed by atoms with Crippen molar-refractivity contribution in [2.24, 2.45) is 0 Å². The third-order valence-corrected chi connectivity index (χ3v) is 4.13. The largest absolute Gasteiger partial charge is 0.299 e. The first kappa shape index (κ1) is 13.0. The van der Waals surface area contributed by atoms with Gasteiger partial charge in [0.15, 0.2) is 0 Å². The van der Waals surface area contributed by atoms with E-state index in [0.29, 0.717) is 12.2 Å². The molecule has 20 heavy (non-hydrogen) atoms. The normalized spacial score (nSPS) is 16.9. The monoisotopic (exact) mass is 265 g/mol. The van der Waals surface area contributed by atoms with Crippen molar-refractivity contribution in [3.05, 3.63) is 65.0 Å². The van der Waals surface area contributed by atoms with Gasteiger partial charge in [0, 0.05) is 12.6 Å². The Kier molecular flexibility index (Phi) is 3.64. The maximum absolute atomic E-state index is 12.4. The summed E-state index contributed by atoms with van der Waals surface area (Å²) in [4.78, 5) is 16.8. The average molecular weight is 265 g/mol. The summed E-state index contributed by atoms with van der Waals surface area (Å²) in [7, 11) is 0. The van der Waals surface area contributed by atoms with Gasteiger partial charge in [0.1, 0.15) is 5.78 Å². The van der Waals surface area contributed by atoms with Gasteiger partial charge in [-0.2, -0.15) is 0 Å². The van der Waals surface area contributed by atoms with Crippen LogP contribution in [0.5, 0.6) is 0 Å². The topological polar surface area (TPSA) is 30.0 Å². The van der Waals surface area contributed by atoms with Crippen molar-refractivity contribution in [3.8, 4) is 0 Å². The van der Waals surface area contributed by atoms with Crippen LogP contribution in [0.15, 0.2) is 42.6 Å². The van der Waals surface area contributed by atoms with E-state index in [0.717, 1.165) is 25.0 Å². The van der Waals surface area contributed by atoms with E-state index in [2.05, 4.69) is 42.2 Å². The summed E-state index contributed by atoms with van der Waals surface area (Å²) < 4.78 is 0. The van der Waals surface area contributed by atoms with Gasteiger partial charge in [-0.05, 0) is 43.4 Å². The fraction of sp³-hybridized carbons (Fsp3) is 0.333. The number of aromatic nitrogens is 1. The van der Waals surface area contributed by atoms with Crippen LogP contribution in [0, 0.1) is 6.92 Å². The van der Waals surface area contributed by atoms with Crippen molar-refractivity contribution >= 4 is 5.78 Å². The van der Waals surface area contributed by atoms with Crippen LogP contribution >= 0.6 is 0 Å². The van der Waals surface area contributed by atoms with Gasteiger partial charge < -0.3 is 0 Å². The van der Waals surface area contributed by atoms with Crippen LogP contribution in [-0.2, 0) is 17.6 Å². The van der Waals surface area contributed by atoms with Crippen LogP contribution in [0.2, 0.25) is 0 Å². The molecule has 1 aromatic heterocycles. The molecule has 1 aromatic carbocycles. The zero-order valence-electron chi connectivity index (χ0n) is 11.8. The molecular formula is C18H19NO. The zero-order chi connectivity index (χ0) is 13.9. The highest BCUT2D eigenvalue weighted by Crippen LogP contribution is 2.32. The fourth-order valence-corrected chi connectivity index (χ4v) is 2.92. The zero-order valence-corrected chi connectivity index (χ0v) is 11.8. The lowest BCUT2D eigenvalue weighted by Crippen LogP contribution is -2.11. The second kappa shape index (κ2) is 5.58. The molecule has 0 aliphatic heterocycles. The predicted octanol–water partition coefficient (Wildman–Crippen LogP) is 3.62. The molecule has 0 amide bonds. The van der Waals surface area contributed by atoms with E-state index in [9.17, 15) is 4.79 Å². The molecule has 0 fully saturated rings. The Hall–Kier alpha value is -1.96. The van der Waals surface area contributed by atoms with E-state index in [1.165, 1.54) is 16.7 Å². The lowest BCUT2D eigenvalue weighted by Gasteiger charge is -2.09. The lowest BCUT2D eigenvalue weighted by atomic mass is 9.95. The minimum absolute atomic E-state index is 0.0247. The summed E-state index contributed by atoms with van der Waals surface area (Å²) in [5.41, 5.74) is 4.76. The highest BCUT2D eigenvalue weighted by atomic mass is 16.1. The van der Waals surface area contributed by atoms with Gasteiger partial charge in [-0.1, -0.05) is 35.9 Å².